The fourth-order valence-corrected chi connectivity index (χ4v) is 4.05. The van der Waals surface area contributed by atoms with Crippen LogP contribution in [0.2, 0.25) is 5.02 Å². The van der Waals surface area contributed by atoms with Crippen molar-refractivity contribution in [2.45, 2.75) is 4.90 Å². The first-order valence-electron chi connectivity index (χ1n) is 7.82. The maximum absolute atomic E-state index is 12.8. The fourth-order valence-electron chi connectivity index (χ4n) is 2.54. The second-order valence-corrected chi connectivity index (χ2v) is 8.69. The highest BCUT2D eigenvalue weighted by atomic mass is 79.9. The van der Waals surface area contributed by atoms with Crippen molar-refractivity contribution in [2.24, 2.45) is 0 Å². The number of nitrogens with one attached hydrogen (secondary N) is 1. The number of benzene rings is 2. The standard InChI is InChI=1S/C17H16BrClN2O4S/c18-12-1-4-14(5-2-12)26(23,24)20-16-6-3-13(19)11-15(16)17(22)21-7-9-25-10-8-21/h1-6,11,20H,7-10H2. The summed E-state index contributed by atoms with van der Waals surface area (Å²) in [6.45, 7) is 1.80. The molecule has 0 unspecified atom stereocenters. The number of carbonyl (C=O) groups is 1. The molecule has 9 heteroatoms. The summed E-state index contributed by atoms with van der Waals surface area (Å²) in [5, 5.41) is 0.355. The van der Waals surface area contributed by atoms with Crippen molar-refractivity contribution >= 4 is 49.1 Å². The first-order chi connectivity index (χ1) is 12.4. The first-order valence-corrected chi connectivity index (χ1v) is 10.5. The lowest BCUT2D eigenvalue weighted by atomic mass is 10.1. The molecule has 1 aliphatic rings. The van der Waals surface area contributed by atoms with Crippen LogP contribution in [-0.4, -0.2) is 45.5 Å². The lowest BCUT2D eigenvalue weighted by molar-refractivity contribution is 0.0303. The molecular weight excluding hydrogens is 444 g/mol. The average molecular weight is 460 g/mol. The van der Waals surface area contributed by atoms with Gasteiger partial charge in [0, 0.05) is 22.6 Å². The van der Waals surface area contributed by atoms with Crippen LogP contribution in [0.25, 0.3) is 0 Å². The van der Waals surface area contributed by atoms with Crippen molar-refractivity contribution in [3.63, 3.8) is 0 Å². The van der Waals surface area contributed by atoms with E-state index < -0.39 is 10.0 Å². The van der Waals surface area contributed by atoms with Crippen LogP contribution in [0.3, 0.4) is 0 Å². The van der Waals surface area contributed by atoms with E-state index in [-0.39, 0.29) is 22.1 Å². The van der Waals surface area contributed by atoms with E-state index >= 15 is 0 Å². The zero-order valence-corrected chi connectivity index (χ0v) is 16.8. The first kappa shape index (κ1) is 19.2. The van der Waals surface area contributed by atoms with Gasteiger partial charge in [0.2, 0.25) is 0 Å². The molecule has 6 nitrogen and oxygen atoms in total. The zero-order valence-electron chi connectivity index (χ0n) is 13.6. The number of ether oxygens (including phenoxy) is 1. The molecule has 1 heterocycles. The molecule has 0 saturated carbocycles. The smallest absolute Gasteiger partial charge is 0.261 e. The predicted molar refractivity (Wildman–Crippen MR) is 103 cm³/mol. The van der Waals surface area contributed by atoms with Gasteiger partial charge in [-0.25, -0.2) is 8.42 Å². The third-order valence-corrected chi connectivity index (χ3v) is 6.02. The number of hydrogen-bond acceptors (Lipinski definition) is 4. The third-order valence-electron chi connectivity index (χ3n) is 3.88. The van der Waals surface area contributed by atoms with E-state index in [0.717, 1.165) is 4.47 Å². The Morgan fingerprint density at radius 2 is 1.77 bits per heavy atom. The maximum Gasteiger partial charge on any atom is 0.261 e. The highest BCUT2D eigenvalue weighted by Gasteiger charge is 2.24. The van der Waals surface area contributed by atoms with E-state index in [9.17, 15) is 13.2 Å². The highest BCUT2D eigenvalue weighted by Crippen LogP contribution is 2.26. The summed E-state index contributed by atoms with van der Waals surface area (Å²) in [4.78, 5) is 14.5. The number of anilines is 1. The van der Waals surface area contributed by atoms with Crippen molar-refractivity contribution in [2.75, 3.05) is 31.0 Å². The summed E-state index contributed by atoms with van der Waals surface area (Å²) in [5.74, 6) is -0.288. The number of nitrogens with zero attached hydrogens (tertiary/aromatic N) is 1. The Labute approximate surface area is 165 Å². The predicted octanol–water partition coefficient (Wildman–Crippen LogP) is 3.38. The normalized spacial score (nSPS) is 14.9. The van der Waals surface area contributed by atoms with Crippen molar-refractivity contribution in [3.05, 3.63) is 57.5 Å². The van der Waals surface area contributed by atoms with Crippen LogP contribution < -0.4 is 4.72 Å². The van der Waals surface area contributed by atoms with Gasteiger partial charge in [0.05, 0.1) is 29.4 Å². The van der Waals surface area contributed by atoms with Crippen LogP contribution in [0, 0.1) is 0 Å². The van der Waals surface area contributed by atoms with Gasteiger partial charge in [0.15, 0.2) is 0 Å². The van der Waals surface area contributed by atoms with Crippen LogP contribution in [0.4, 0.5) is 5.69 Å². The molecular formula is C17H16BrClN2O4S. The molecule has 0 radical (unpaired) electrons. The van der Waals surface area contributed by atoms with Crippen molar-refractivity contribution < 1.29 is 17.9 Å². The van der Waals surface area contributed by atoms with Crippen molar-refractivity contribution in [1.29, 1.82) is 0 Å². The topological polar surface area (TPSA) is 75.7 Å². The van der Waals surface area contributed by atoms with Crippen LogP contribution in [0.15, 0.2) is 51.8 Å². The lowest BCUT2D eigenvalue weighted by Crippen LogP contribution is -2.41. The Balaban J connectivity index is 1.92. The fraction of sp³-hybridized carbons (Fsp3) is 0.235. The largest absolute Gasteiger partial charge is 0.378 e. The molecule has 1 saturated heterocycles. The minimum atomic E-state index is -3.84. The number of amides is 1. The number of morpholine rings is 1. The van der Waals surface area contributed by atoms with Gasteiger partial charge in [-0.1, -0.05) is 27.5 Å². The molecule has 2 aromatic carbocycles. The Kier molecular flexibility index (Phi) is 5.86. The molecule has 0 aromatic heterocycles. The van der Waals surface area contributed by atoms with Crippen LogP contribution in [0.5, 0.6) is 0 Å². The van der Waals surface area contributed by atoms with Gasteiger partial charge in [-0.15, -0.1) is 0 Å². The van der Waals surface area contributed by atoms with E-state index in [0.29, 0.717) is 31.3 Å². The molecule has 2 aromatic rings. The number of halogens is 2. The summed E-state index contributed by atoms with van der Waals surface area (Å²) in [6, 6.07) is 10.7. The highest BCUT2D eigenvalue weighted by molar-refractivity contribution is 9.10. The van der Waals surface area contributed by atoms with Gasteiger partial charge in [-0.2, -0.15) is 0 Å². The molecule has 26 heavy (non-hydrogen) atoms. The van der Waals surface area contributed by atoms with Crippen LogP contribution >= 0.6 is 27.5 Å². The Morgan fingerprint density at radius 1 is 1.12 bits per heavy atom. The summed E-state index contributed by atoms with van der Waals surface area (Å²) in [5.41, 5.74) is 0.397. The molecule has 3 rings (SSSR count). The van der Waals surface area contributed by atoms with Gasteiger partial charge < -0.3 is 9.64 Å². The number of sulfonamides is 1. The second kappa shape index (κ2) is 7.96. The summed E-state index contributed by atoms with van der Waals surface area (Å²) >= 11 is 9.30. The summed E-state index contributed by atoms with van der Waals surface area (Å²) in [6.07, 6.45) is 0. The number of hydrogen-bond donors (Lipinski definition) is 1. The third kappa shape index (κ3) is 4.37. The molecule has 1 fully saturated rings. The lowest BCUT2D eigenvalue weighted by Gasteiger charge is -2.27. The van der Waals surface area contributed by atoms with Gasteiger partial charge in [-0.05, 0) is 42.5 Å². The van der Waals surface area contributed by atoms with Crippen molar-refractivity contribution in [1.82, 2.24) is 4.90 Å². The molecule has 0 aliphatic carbocycles. The minimum Gasteiger partial charge on any atom is -0.378 e. The van der Waals surface area contributed by atoms with Gasteiger partial charge in [0.1, 0.15) is 0 Å². The Bertz CT molecular complexity index is 913. The maximum atomic E-state index is 12.8. The Morgan fingerprint density at radius 3 is 2.42 bits per heavy atom. The molecule has 1 N–H and O–H groups in total. The summed E-state index contributed by atoms with van der Waals surface area (Å²) < 4.78 is 33.8. The molecule has 0 atom stereocenters. The van der Waals surface area contributed by atoms with Gasteiger partial charge in [0.25, 0.3) is 15.9 Å². The second-order valence-electron chi connectivity index (χ2n) is 5.65. The summed E-state index contributed by atoms with van der Waals surface area (Å²) in [7, 11) is -3.84. The van der Waals surface area contributed by atoms with Crippen molar-refractivity contribution in [3.8, 4) is 0 Å². The number of carbonyl (C=O) groups excluding carboxylic acids is 1. The molecule has 1 amide bonds. The zero-order chi connectivity index (χ0) is 18.7. The van der Waals surface area contributed by atoms with E-state index in [1.54, 1.807) is 17.0 Å². The van der Waals surface area contributed by atoms with E-state index in [1.165, 1.54) is 30.3 Å². The minimum absolute atomic E-state index is 0.0976. The monoisotopic (exact) mass is 458 g/mol. The molecule has 0 bridgehead atoms. The SMILES string of the molecule is O=C(c1cc(Cl)ccc1NS(=O)(=O)c1ccc(Br)cc1)N1CCOCC1. The molecule has 138 valence electrons. The van der Waals surface area contributed by atoms with E-state index in [2.05, 4.69) is 20.7 Å². The van der Waals surface area contributed by atoms with Crippen LogP contribution in [0.1, 0.15) is 10.4 Å². The average Bonchev–Trinajstić information content (AvgIpc) is 2.63. The van der Waals surface area contributed by atoms with E-state index in [1.807, 2.05) is 0 Å². The quantitative estimate of drug-likeness (QED) is 0.760. The van der Waals surface area contributed by atoms with Crippen LogP contribution in [-0.2, 0) is 14.8 Å². The van der Waals surface area contributed by atoms with Gasteiger partial charge >= 0.3 is 0 Å². The number of rotatable bonds is 4. The van der Waals surface area contributed by atoms with Gasteiger partial charge in [-0.3, -0.25) is 9.52 Å². The molecule has 0 spiro atoms. The van der Waals surface area contributed by atoms with E-state index in [4.69, 9.17) is 16.3 Å². The Hall–Kier alpha value is -1.61. The molecule has 1 aliphatic heterocycles.